The summed E-state index contributed by atoms with van der Waals surface area (Å²) >= 11 is 0. The number of hydrogen-bond donors (Lipinski definition) is 2. The number of rotatable bonds is 4. The molecule has 0 saturated carbocycles. The summed E-state index contributed by atoms with van der Waals surface area (Å²) in [5, 5.41) is 2.71. The predicted molar refractivity (Wildman–Crippen MR) is 114 cm³/mol. The molecule has 0 spiro atoms. The lowest BCUT2D eigenvalue weighted by atomic mass is 9.81. The number of hydrogen-bond acceptors (Lipinski definition) is 5. The maximum Gasteiger partial charge on any atom is 0.491 e. The average Bonchev–Trinajstić information content (AvgIpc) is 3.01. The van der Waals surface area contributed by atoms with Crippen LogP contribution in [0.3, 0.4) is 0 Å². The smallest absolute Gasteiger partial charge is 0.404 e. The Morgan fingerprint density at radius 2 is 1.45 bits per heavy atom. The molecule has 0 radical (unpaired) electrons. The van der Waals surface area contributed by atoms with Gasteiger partial charge in [0, 0.05) is 7.05 Å². The Hall–Kier alpha value is -3.69. The fourth-order valence-corrected chi connectivity index (χ4v) is 3.91. The van der Waals surface area contributed by atoms with Crippen molar-refractivity contribution in [1.29, 1.82) is 0 Å². The molecule has 1 aliphatic rings. The van der Waals surface area contributed by atoms with E-state index in [9.17, 15) is 22.8 Å². The van der Waals surface area contributed by atoms with Gasteiger partial charge in [-0.05, 0) is 28.3 Å². The predicted octanol–water partition coefficient (Wildman–Crippen LogP) is 3.33. The molecule has 3 aromatic rings. The van der Waals surface area contributed by atoms with Crippen molar-refractivity contribution in [3.05, 3.63) is 96.1 Å². The first kappa shape index (κ1) is 22.5. The van der Waals surface area contributed by atoms with Gasteiger partial charge in [-0.1, -0.05) is 78.9 Å². The summed E-state index contributed by atoms with van der Waals surface area (Å²) in [6.45, 7) is 0. The number of benzene rings is 3. The molecule has 0 bridgehead atoms. The van der Waals surface area contributed by atoms with E-state index in [4.69, 9.17) is 5.73 Å². The molecule has 9 heteroatoms. The van der Waals surface area contributed by atoms with Crippen LogP contribution in [0.15, 0.2) is 84.9 Å². The van der Waals surface area contributed by atoms with Crippen LogP contribution < -0.4 is 11.1 Å². The molecule has 3 aromatic carbocycles. The highest BCUT2D eigenvalue weighted by Gasteiger charge is 2.62. The van der Waals surface area contributed by atoms with Crippen molar-refractivity contribution in [2.24, 2.45) is 5.73 Å². The molecule has 6 nitrogen and oxygen atoms in total. The molecule has 2 atom stereocenters. The van der Waals surface area contributed by atoms with Crippen LogP contribution >= 0.6 is 0 Å². The molecular formula is C24H20F3N3O3. The summed E-state index contributed by atoms with van der Waals surface area (Å²) in [6.07, 6.45) is -5.29. The number of nitrogens with one attached hydrogen (secondary N) is 1. The summed E-state index contributed by atoms with van der Waals surface area (Å²) < 4.78 is 43.3. The number of nitrogens with two attached hydrogens (primary N) is 1. The van der Waals surface area contributed by atoms with E-state index in [0.717, 1.165) is 16.0 Å². The van der Waals surface area contributed by atoms with Gasteiger partial charge in [0.05, 0.1) is 0 Å². The van der Waals surface area contributed by atoms with Crippen LogP contribution in [0.2, 0.25) is 0 Å². The van der Waals surface area contributed by atoms with Gasteiger partial charge in [0.15, 0.2) is 5.54 Å². The van der Waals surface area contributed by atoms with E-state index in [1.807, 2.05) is 36.4 Å². The Morgan fingerprint density at radius 3 is 2.06 bits per heavy atom. The minimum atomic E-state index is -5.29. The van der Waals surface area contributed by atoms with E-state index < -0.39 is 29.6 Å². The monoisotopic (exact) mass is 455 g/mol. The van der Waals surface area contributed by atoms with E-state index >= 15 is 0 Å². The summed E-state index contributed by atoms with van der Waals surface area (Å²) in [4.78, 5) is 26.0. The first-order chi connectivity index (χ1) is 15.6. The van der Waals surface area contributed by atoms with Crippen molar-refractivity contribution in [3.8, 4) is 11.1 Å². The number of likely N-dealkylation sites (N-methyl/N-ethyl adjacent to an activating group) is 1. The van der Waals surface area contributed by atoms with Gasteiger partial charge in [0.25, 0.3) is 5.91 Å². The highest BCUT2D eigenvalue weighted by atomic mass is 19.4. The van der Waals surface area contributed by atoms with Crippen LogP contribution in [0, 0.1) is 0 Å². The molecule has 0 aromatic heterocycles. The normalized spacial score (nSPS) is 22.9. The number of ether oxygens (including phenoxy) is 1. The van der Waals surface area contributed by atoms with Gasteiger partial charge in [-0.25, -0.2) is 10.1 Å². The molecule has 3 N–H and O–H groups in total. The number of esters is 1. The van der Waals surface area contributed by atoms with Crippen molar-refractivity contribution >= 4 is 11.9 Å². The van der Waals surface area contributed by atoms with Crippen molar-refractivity contribution in [2.45, 2.75) is 17.7 Å². The Kier molecular flexibility index (Phi) is 5.47. The Labute approximate surface area is 187 Å². The van der Waals surface area contributed by atoms with Gasteiger partial charge in [-0.3, -0.25) is 15.4 Å². The van der Waals surface area contributed by atoms with Gasteiger partial charge in [-0.15, -0.1) is 0 Å². The molecule has 33 heavy (non-hydrogen) atoms. The first-order valence-electron chi connectivity index (χ1n) is 9.96. The quantitative estimate of drug-likeness (QED) is 0.466. The maximum absolute atomic E-state index is 13.6. The third-order valence-electron chi connectivity index (χ3n) is 5.58. The Bertz CT molecular complexity index is 1190. The largest absolute Gasteiger partial charge is 0.491 e. The minimum Gasteiger partial charge on any atom is -0.404 e. The first-order valence-corrected chi connectivity index (χ1v) is 9.96. The molecule has 1 fully saturated rings. The fourth-order valence-electron chi connectivity index (χ4n) is 3.91. The highest BCUT2D eigenvalue weighted by Crippen LogP contribution is 2.41. The van der Waals surface area contributed by atoms with E-state index in [-0.39, 0.29) is 0 Å². The summed E-state index contributed by atoms with van der Waals surface area (Å²) in [5.41, 5.74) is 6.83. The van der Waals surface area contributed by atoms with Crippen LogP contribution in [-0.2, 0) is 19.9 Å². The molecule has 1 amide bonds. The molecule has 1 aliphatic heterocycles. The standard InChI is InChI=1S/C24H20F3N3O3/c1-30-20(31)22(18-12-6-3-7-13-18,29-24(30,28)33-21(32)23(25,26)27)19-14-8-11-17(15-19)16-9-4-2-5-10-16/h2-15,29H,28H2,1H3. The molecule has 2 unspecified atom stereocenters. The lowest BCUT2D eigenvalue weighted by Crippen LogP contribution is -2.64. The SMILES string of the molecule is CN1C(=O)C(c2ccccc2)(c2cccc(-c3ccccc3)c2)NC1(N)OC(=O)C(F)(F)F. The molecule has 4 rings (SSSR count). The third kappa shape index (κ3) is 3.85. The lowest BCUT2D eigenvalue weighted by Gasteiger charge is -2.32. The van der Waals surface area contributed by atoms with E-state index in [1.54, 1.807) is 48.5 Å². The van der Waals surface area contributed by atoms with Gasteiger partial charge in [0.2, 0.25) is 0 Å². The van der Waals surface area contributed by atoms with Gasteiger partial charge in [-0.2, -0.15) is 13.2 Å². The molecule has 1 saturated heterocycles. The number of nitrogens with zero attached hydrogens (tertiary/aromatic N) is 1. The topological polar surface area (TPSA) is 84.7 Å². The molecule has 170 valence electrons. The van der Waals surface area contributed by atoms with Crippen molar-refractivity contribution in [3.63, 3.8) is 0 Å². The van der Waals surface area contributed by atoms with E-state index in [0.29, 0.717) is 11.1 Å². The average molecular weight is 455 g/mol. The van der Waals surface area contributed by atoms with Crippen LogP contribution in [0.25, 0.3) is 11.1 Å². The Morgan fingerprint density at radius 1 is 0.909 bits per heavy atom. The van der Waals surface area contributed by atoms with Gasteiger partial charge < -0.3 is 4.74 Å². The number of carbonyl (C=O) groups is 2. The van der Waals surface area contributed by atoms with Crippen molar-refractivity contribution in [1.82, 2.24) is 10.2 Å². The summed E-state index contributed by atoms with van der Waals surface area (Å²) in [7, 11) is 1.17. The second kappa shape index (κ2) is 8.02. The van der Waals surface area contributed by atoms with Crippen LogP contribution in [0.4, 0.5) is 13.2 Å². The zero-order valence-electron chi connectivity index (χ0n) is 17.5. The second-order valence-electron chi connectivity index (χ2n) is 7.64. The second-order valence-corrected chi connectivity index (χ2v) is 7.64. The third-order valence-corrected chi connectivity index (χ3v) is 5.58. The number of amides is 1. The number of halogens is 3. The summed E-state index contributed by atoms with van der Waals surface area (Å²) in [5.74, 6) is -5.74. The zero-order valence-corrected chi connectivity index (χ0v) is 17.5. The minimum absolute atomic E-state index is 0.419. The van der Waals surface area contributed by atoms with Gasteiger partial charge in [0.1, 0.15) is 0 Å². The van der Waals surface area contributed by atoms with E-state index in [1.165, 1.54) is 7.05 Å². The zero-order chi connectivity index (χ0) is 23.9. The number of carbonyl (C=O) groups excluding carboxylic acids is 2. The van der Waals surface area contributed by atoms with Crippen LogP contribution in [-0.4, -0.2) is 36.0 Å². The summed E-state index contributed by atoms with van der Waals surface area (Å²) in [6, 6.07) is 24.8. The van der Waals surface area contributed by atoms with Crippen molar-refractivity contribution in [2.75, 3.05) is 7.05 Å². The number of alkyl halides is 3. The maximum atomic E-state index is 13.6. The van der Waals surface area contributed by atoms with Crippen molar-refractivity contribution < 1.29 is 27.5 Å². The lowest BCUT2D eigenvalue weighted by molar-refractivity contribution is -0.228. The molecule has 1 heterocycles. The van der Waals surface area contributed by atoms with Crippen LogP contribution in [0.1, 0.15) is 11.1 Å². The van der Waals surface area contributed by atoms with Gasteiger partial charge >= 0.3 is 18.1 Å². The van der Waals surface area contributed by atoms with E-state index in [2.05, 4.69) is 10.1 Å². The molecular weight excluding hydrogens is 435 g/mol. The highest BCUT2D eigenvalue weighted by molar-refractivity contribution is 5.95. The fraction of sp³-hybridized carbons (Fsp3) is 0.167. The van der Waals surface area contributed by atoms with Crippen LogP contribution in [0.5, 0.6) is 0 Å². The molecule has 0 aliphatic carbocycles. The Balaban J connectivity index is 1.87.